The van der Waals surface area contributed by atoms with Crippen molar-refractivity contribution >= 4 is 40.8 Å². The van der Waals surface area contributed by atoms with Crippen LogP contribution in [-0.4, -0.2) is 31.0 Å². The molecule has 0 unspecified atom stereocenters. The topological polar surface area (TPSA) is 93.7 Å². The quantitative estimate of drug-likeness (QED) is 0.557. The van der Waals surface area contributed by atoms with Gasteiger partial charge in [0.25, 0.3) is 0 Å². The van der Waals surface area contributed by atoms with Gasteiger partial charge in [-0.05, 0) is 36.4 Å². The number of hydrogen-bond donors (Lipinski definition) is 2. The molecule has 0 spiro atoms. The van der Waals surface area contributed by atoms with E-state index in [-0.39, 0.29) is 30.6 Å². The fourth-order valence-electron chi connectivity index (χ4n) is 2.23. The molecule has 2 aromatic rings. The zero-order valence-electron chi connectivity index (χ0n) is 14.9. The van der Waals surface area contributed by atoms with Crippen LogP contribution in [0.5, 0.6) is 5.75 Å². The molecule has 0 aliphatic carbocycles. The minimum Gasteiger partial charge on any atom is -0.490 e. The number of hydrogen-bond acceptors (Lipinski definition) is 5. The molecule has 7 nitrogen and oxygen atoms in total. The third-order valence-corrected chi connectivity index (χ3v) is 3.43. The summed E-state index contributed by atoms with van der Waals surface area (Å²) in [6.45, 7) is 2.85. The lowest BCUT2D eigenvalue weighted by atomic mass is 10.1. The SMILES string of the molecule is CC(=O)Nc1cc(NC(C)=O)cc(C(=O)OCCOc2cccc(Cl)c2)c1. The first kappa shape index (κ1) is 20.3. The summed E-state index contributed by atoms with van der Waals surface area (Å²) < 4.78 is 10.6. The number of benzene rings is 2. The maximum absolute atomic E-state index is 12.3. The zero-order valence-corrected chi connectivity index (χ0v) is 15.6. The summed E-state index contributed by atoms with van der Waals surface area (Å²) in [6.07, 6.45) is 0. The van der Waals surface area contributed by atoms with Gasteiger partial charge in [0.2, 0.25) is 11.8 Å². The monoisotopic (exact) mass is 390 g/mol. The van der Waals surface area contributed by atoms with Gasteiger partial charge in [0.15, 0.2) is 0 Å². The number of esters is 1. The molecule has 27 heavy (non-hydrogen) atoms. The van der Waals surface area contributed by atoms with E-state index >= 15 is 0 Å². The van der Waals surface area contributed by atoms with Crippen LogP contribution in [0.2, 0.25) is 5.02 Å². The molecule has 8 heteroatoms. The number of anilines is 2. The minimum absolute atomic E-state index is 0.0190. The van der Waals surface area contributed by atoms with E-state index in [1.807, 2.05) is 0 Å². The Balaban J connectivity index is 1.99. The van der Waals surface area contributed by atoms with Crippen LogP contribution in [0.3, 0.4) is 0 Å². The first-order chi connectivity index (χ1) is 12.8. The zero-order chi connectivity index (χ0) is 19.8. The van der Waals surface area contributed by atoms with Gasteiger partial charge in [-0.2, -0.15) is 0 Å². The number of amides is 2. The molecule has 0 atom stereocenters. The van der Waals surface area contributed by atoms with Crippen molar-refractivity contribution < 1.29 is 23.9 Å². The number of nitrogens with one attached hydrogen (secondary N) is 2. The number of carbonyl (C=O) groups is 3. The van der Waals surface area contributed by atoms with Crippen molar-refractivity contribution in [1.29, 1.82) is 0 Å². The van der Waals surface area contributed by atoms with Gasteiger partial charge < -0.3 is 20.1 Å². The van der Waals surface area contributed by atoms with Crippen LogP contribution in [0.1, 0.15) is 24.2 Å². The molecule has 0 heterocycles. The second kappa shape index (κ2) is 9.59. The van der Waals surface area contributed by atoms with E-state index in [0.29, 0.717) is 22.1 Å². The molecular weight excluding hydrogens is 372 g/mol. The van der Waals surface area contributed by atoms with Gasteiger partial charge >= 0.3 is 5.97 Å². The number of carbonyl (C=O) groups excluding carboxylic acids is 3. The molecule has 142 valence electrons. The highest BCUT2D eigenvalue weighted by atomic mass is 35.5. The van der Waals surface area contributed by atoms with Gasteiger partial charge in [-0.1, -0.05) is 17.7 Å². The van der Waals surface area contributed by atoms with E-state index in [9.17, 15) is 14.4 Å². The predicted octanol–water partition coefficient (Wildman–Crippen LogP) is 3.49. The van der Waals surface area contributed by atoms with Crippen LogP contribution >= 0.6 is 11.6 Å². The molecule has 2 rings (SSSR count). The van der Waals surface area contributed by atoms with Crippen molar-refractivity contribution in [3.63, 3.8) is 0 Å². The Hall–Kier alpha value is -3.06. The molecule has 0 aromatic heterocycles. The molecule has 0 saturated carbocycles. The van der Waals surface area contributed by atoms with Gasteiger partial charge in [-0.15, -0.1) is 0 Å². The molecule has 0 aliphatic heterocycles. The molecule has 0 aliphatic rings. The molecule has 0 saturated heterocycles. The van der Waals surface area contributed by atoms with E-state index in [0.717, 1.165) is 0 Å². The van der Waals surface area contributed by atoms with Crippen LogP contribution in [-0.2, 0) is 14.3 Å². The Bertz CT molecular complexity index is 819. The highest BCUT2D eigenvalue weighted by molar-refractivity contribution is 6.30. The fraction of sp³-hybridized carbons (Fsp3) is 0.211. The molecule has 2 aromatic carbocycles. The van der Waals surface area contributed by atoms with Gasteiger partial charge in [-0.25, -0.2) is 4.79 Å². The summed E-state index contributed by atoms with van der Waals surface area (Å²) in [4.78, 5) is 34.8. The number of ether oxygens (including phenoxy) is 2. The smallest absolute Gasteiger partial charge is 0.338 e. The van der Waals surface area contributed by atoms with E-state index in [4.69, 9.17) is 21.1 Å². The summed E-state index contributed by atoms with van der Waals surface area (Å²) in [7, 11) is 0. The van der Waals surface area contributed by atoms with Gasteiger partial charge in [-0.3, -0.25) is 9.59 Å². The molecule has 2 N–H and O–H groups in total. The van der Waals surface area contributed by atoms with Crippen LogP contribution in [0.15, 0.2) is 42.5 Å². The molecule has 2 amide bonds. The van der Waals surface area contributed by atoms with E-state index in [1.165, 1.54) is 26.0 Å². The highest BCUT2D eigenvalue weighted by Crippen LogP contribution is 2.20. The maximum Gasteiger partial charge on any atom is 0.338 e. The third-order valence-electron chi connectivity index (χ3n) is 3.19. The predicted molar refractivity (Wildman–Crippen MR) is 102 cm³/mol. The molecule has 0 fully saturated rings. The number of halogens is 1. The second-order valence-electron chi connectivity index (χ2n) is 5.60. The lowest BCUT2D eigenvalue weighted by Crippen LogP contribution is -2.14. The normalized spacial score (nSPS) is 10.0. The van der Waals surface area contributed by atoms with Gasteiger partial charge in [0.05, 0.1) is 5.56 Å². The van der Waals surface area contributed by atoms with E-state index < -0.39 is 5.97 Å². The second-order valence-corrected chi connectivity index (χ2v) is 6.04. The van der Waals surface area contributed by atoms with Crippen molar-refractivity contribution in [1.82, 2.24) is 0 Å². The Labute approximate surface area is 161 Å². The summed E-state index contributed by atoms with van der Waals surface area (Å²) in [6, 6.07) is 11.3. The molecule has 0 radical (unpaired) electrons. The average Bonchev–Trinajstić information content (AvgIpc) is 2.57. The summed E-state index contributed by atoms with van der Waals surface area (Å²) in [5.74, 6) is -0.643. The third kappa shape index (κ3) is 6.99. The summed E-state index contributed by atoms with van der Waals surface area (Å²) >= 11 is 5.86. The van der Waals surface area contributed by atoms with E-state index in [2.05, 4.69) is 10.6 Å². The Morgan fingerprint density at radius 1 is 0.926 bits per heavy atom. The first-order valence-electron chi connectivity index (χ1n) is 8.09. The summed E-state index contributed by atoms with van der Waals surface area (Å²) in [5, 5.41) is 5.69. The standard InChI is InChI=1S/C19H19ClN2O5/c1-12(23)21-16-8-14(9-17(11-16)22-13(2)24)19(25)27-7-6-26-18-5-3-4-15(20)10-18/h3-5,8-11H,6-7H2,1-2H3,(H,21,23)(H,22,24). The molecule has 0 bridgehead atoms. The molecular formula is C19H19ClN2O5. The van der Waals surface area contributed by atoms with Crippen LogP contribution < -0.4 is 15.4 Å². The van der Waals surface area contributed by atoms with Crippen molar-refractivity contribution in [2.24, 2.45) is 0 Å². The first-order valence-corrected chi connectivity index (χ1v) is 8.47. The van der Waals surface area contributed by atoms with Crippen LogP contribution in [0, 0.1) is 0 Å². The highest BCUT2D eigenvalue weighted by Gasteiger charge is 2.12. The van der Waals surface area contributed by atoms with Crippen LogP contribution in [0.4, 0.5) is 11.4 Å². The maximum atomic E-state index is 12.3. The largest absolute Gasteiger partial charge is 0.490 e. The van der Waals surface area contributed by atoms with E-state index in [1.54, 1.807) is 30.3 Å². The van der Waals surface area contributed by atoms with Crippen molar-refractivity contribution in [2.45, 2.75) is 13.8 Å². The Morgan fingerprint density at radius 2 is 1.56 bits per heavy atom. The fourth-order valence-corrected chi connectivity index (χ4v) is 2.41. The van der Waals surface area contributed by atoms with Crippen molar-refractivity contribution in [2.75, 3.05) is 23.8 Å². The average molecular weight is 391 g/mol. The Morgan fingerprint density at radius 3 is 2.11 bits per heavy atom. The lowest BCUT2D eigenvalue weighted by molar-refractivity contribution is -0.115. The van der Waals surface area contributed by atoms with Crippen LogP contribution in [0.25, 0.3) is 0 Å². The van der Waals surface area contributed by atoms with Crippen molar-refractivity contribution in [3.05, 3.63) is 53.1 Å². The lowest BCUT2D eigenvalue weighted by Gasteiger charge is -2.11. The van der Waals surface area contributed by atoms with Gasteiger partial charge in [0.1, 0.15) is 19.0 Å². The Kier molecular flexibility index (Phi) is 7.19. The summed E-state index contributed by atoms with van der Waals surface area (Å²) in [5.41, 5.74) is 0.930. The number of rotatable bonds is 7. The van der Waals surface area contributed by atoms with Gasteiger partial charge in [0, 0.05) is 30.2 Å². The minimum atomic E-state index is -0.608. The van der Waals surface area contributed by atoms with Crippen molar-refractivity contribution in [3.8, 4) is 5.75 Å².